The summed E-state index contributed by atoms with van der Waals surface area (Å²) >= 11 is 0. The lowest BCUT2D eigenvalue weighted by atomic mass is 10.1. The Kier molecular flexibility index (Phi) is 8.94. The van der Waals surface area contributed by atoms with Gasteiger partial charge in [0.1, 0.15) is 6.61 Å². The molecule has 0 rings (SSSR count). The van der Waals surface area contributed by atoms with E-state index in [2.05, 4.69) is 53.8 Å². The maximum atomic E-state index is 10.7. The van der Waals surface area contributed by atoms with Gasteiger partial charge in [0.15, 0.2) is 8.32 Å². The minimum Gasteiger partial charge on any atom is -0.462 e. The molecule has 128 valence electrons. The van der Waals surface area contributed by atoms with Gasteiger partial charge in [0.2, 0.25) is 0 Å². The van der Waals surface area contributed by atoms with Crippen molar-refractivity contribution < 1.29 is 14.0 Å². The zero-order valence-electron chi connectivity index (χ0n) is 15.7. The van der Waals surface area contributed by atoms with Crippen LogP contribution >= 0.6 is 0 Å². The van der Waals surface area contributed by atoms with Crippen LogP contribution in [0.25, 0.3) is 0 Å². The summed E-state index contributed by atoms with van der Waals surface area (Å²) in [5, 5.41) is 0.253. The zero-order valence-corrected chi connectivity index (χ0v) is 16.7. The Hall–Kier alpha value is -0.873. The highest BCUT2D eigenvalue weighted by atomic mass is 28.4. The molecular formula is C18H34O3Si. The Morgan fingerprint density at radius 1 is 1.05 bits per heavy atom. The molecule has 0 amide bonds. The van der Waals surface area contributed by atoms with Gasteiger partial charge < -0.3 is 9.16 Å². The molecule has 22 heavy (non-hydrogen) atoms. The fourth-order valence-electron chi connectivity index (χ4n) is 1.52. The van der Waals surface area contributed by atoms with Gasteiger partial charge in [-0.1, -0.05) is 38.0 Å². The van der Waals surface area contributed by atoms with Gasteiger partial charge in [-0.3, -0.25) is 4.79 Å². The largest absolute Gasteiger partial charge is 0.462 e. The van der Waals surface area contributed by atoms with E-state index in [0.717, 1.165) is 19.4 Å². The molecule has 0 radical (unpaired) electrons. The smallest absolute Gasteiger partial charge is 0.302 e. The van der Waals surface area contributed by atoms with Crippen molar-refractivity contribution >= 4 is 14.3 Å². The number of carbonyl (C=O) groups excluding carboxylic acids is 1. The second kappa shape index (κ2) is 9.31. The monoisotopic (exact) mass is 326 g/mol. The first-order valence-corrected chi connectivity index (χ1v) is 10.9. The first kappa shape index (κ1) is 21.1. The van der Waals surface area contributed by atoms with E-state index in [4.69, 9.17) is 9.16 Å². The van der Waals surface area contributed by atoms with Gasteiger partial charge >= 0.3 is 5.97 Å². The van der Waals surface area contributed by atoms with Crippen molar-refractivity contribution in [3.63, 3.8) is 0 Å². The van der Waals surface area contributed by atoms with Gasteiger partial charge in [0, 0.05) is 6.92 Å². The molecule has 0 N–H and O–H groups in total. The molecule has 0 aliphatic rings. The summed E-state index contributed by atoms with van der Waals surface area (Å²) in [5.41, 5.74) is 2.54. The lowest BCUT2D eigenvalue weighted by Crippen LogP contribution is -2.41. The maximum absolute atomic E-state index is 10.7. The van der Waals surface area contributed by atoms with Crippen molar-refractivity contribution in [2.75, 3.05) is 13.2 Å². The summed E-state index contributed by atoms with van der Waals surface area (Å²) in [4.78, 5) is 10.7. The summed E-state index contributed by atoms with van der Waals surface area (Å²) < 4.78 is 11.1. The highest BCUT2D eigenvalue weighted by molar-refractivity contribution is 6.74. The molecule has 3 nitrogen and oxygen atoms in total. The summed E-state index contributed by atoms with van der Waals surface area (Å²) in [6.07, 6.45) is 6.20. The van der Waals surface area contributed by atoms with Gasteiger partial charge in [-0.15, -0.1) is 0 Å². The summed E-state index contributed by atoms with van der Waals surface area (Å²) in [6.45, 7) is 18.1. The van der Waals surface area contributed by atoms with Crippen LogP contribution in [0, 0.1) is 0 Å². The SMILES string of the molecule is CC(=O)OCC=C(C)CCC=C(C)CO[Si](C)(C)C(C)(C)C. The van der Waals surface area contributed by atoms with Crippen LogP contribution < -0.4 is 0 Å². The molecule has 0 saturated heterocycles. The summed E-state index contributed by atoms with van der Waals surface area (Å²) in [5.74, 6) is -0.234. The number of carbonyl (C=O) groups is 1. The fourth-order valence-corrected chi connectivity index (χ4v) is 2.54. The van der Waals surface area contributed by atoms with Crippen LogP contribution in [-0.4, -0.2) is 27.5 Å². The average molecular weight is 327 g/mol. The number of hydrogen-bond donors (Lipinski definition) is 0. The predicted molar refractivity (Wildman–Crippen MR) is 96.5 cm³/mol. The Balaban J connectivity index is 4.17. The molecule has 0 unspecified atom stereocenters. The van der Waals surface area contributed by atoms with E-state index in [9.17, 15) is 4.79 Å². The van der Waals surface area contributed by atoms with E-state index in [0.29, 0.717) is 6.61 Å². The summed E-state index contributed by atoms with van der Waals surface area (Å²) in [6, 6.07) is 0. The fraction of sp³-hybridized carbons (Fsp3) is 0.722. The predicted octanol–water partition coefficient (Wildman–Crippen LogP) is 5.24. The Morgan fingerprint density at radius 2 is 1.64 bits per heavy atom. The number of ether oxygens (including phenoxy) is 1. The Morgan fingerprint density at radius 3 is 2.14 bits per heavy atom. The molecule has 0 aromatic carbocycles. The zero-order chi connectivity index (χ0) is 17.4. The standard InChI is InChI=1S/C18H34O3Si/c1-15(12-13-20-17(3)19)10-9-11-16(2)14-21-22(7,8)18(4,5)6/h11-12H,9-10,13-14H2,1-8H3. The van der Waals surface area contributed by atoms with Crippen molar-refractivity contribution in [1.29, 1.82) is 0 Å². The minimum atomic E-state index is -1.66. The second-order valence-corrected chi connectivity index (χ2v) is 12.3. The number of allylic oxidation sites excluding steroid dienone is 2. The molecule has 0 saturated carbocycles. The van der Waals surface area contributed by atoms with Gasteiger partial charge in [-0.25, -0.2) is 0 Å². The first-order chi connectivity index (χ1) is 9.95. The van der Waals surface area contributed by atoms with Gasteiger partial charge in [0.05, 0.1) is 6.61 Å². The van der Waals surface area contributed by atoms with Crippen LogP contribution in [-0.2, 0) is 14.0 Å². The number of hydrogen-bond acceptors (Lipinski definition) is 3. The van der Waals surface area contributed by atoms with Crippen molar-refractivity contribution in [2.45, 2.75) is 72.5 Å². The van der Waals surface area contributed by atoms with E-state index in [-0.39, 0.29) is 11.0 Å². The lowest BCUT2D eigenvalue weighted by Gasteiger charge is -2.36. The van der Waals surface area contributed by atoms with Crippen molar-refractivity contribution in [1.82, 2.24) is 0 Å². The van der Waals surface area contributed by atoms with Crippen LogP contribution in [0.1, 0.15) is 54.4 Å². The van der Waals surface area contributed by atoms with E-state index in [1.165, 1.54) is 18.1 Å². The molecule has 0 aliphatic heterocycles. The van der Waals surface area contributed by atoms with Crippen LogP contribution in [0.5, 0.6) is 0 Å². The summed E-state index contributed by atoms with van der Waals surface area (Å²) in [7, 11) is -1.66. The minimum absolute atomic E-state index is 0.234. The molecule has 0 fully saturated rings. The van der Waals surface area contributed by atoms with Crippen molar-refractivity contribution in [3.8, 4) is 0 Å². The Labute approximate surface area is 137 Å². The third-order valence-corrected chi connectivity index (χ3v) is 8.70. The quantitative estimate of drug-likeness (QED) is 0.347. The molecule has 0 bridgehead atoms. The van der Waals surface area contributed by atoms with Crippen LogP contribution in [0.15, 0.2) is 23.3 Å². The van der Waals surface area contributed by atoms with Crippen LogP contribution in [0.2, 0.25) is 18.1 Å². The first-order valence-electron chi connectivity index (χ1n) is 8.04. The molecule has 0 atom stereocenters. The lowest BCUT2D eigenvalue weighted by molar-refractivity contribution is -0.139. The highest BCUT2D eigenvalue weighted by Gasteiger charge is 2.36. The van der Waals surface area contributed by atoms with Crippen LogP contribution in [0.4, 0.5) is 0 Å². The highest BCUT2D eigenvalue weighted by Crippen LogP contribution is 2.36. The molecular weight excluding hydrogens is 292 g/mol. The average Bonchev–Trinajstić information content (AvgIpc) is 2.34. The van der Waals surface area contributed by atoms with E-state index >= 15 is 0 Å². The molecule has 0 heterocycles. The van der Waals surface area contributed by atoms with Gasteiger partial charge in [-0.05, 0) is 50.9 Å². The molecule has 0 spiro atoms. The maximum Gasteiger partial charge on any atom is 0.302 e. The Bertz CT molecular complexity index is 415. The van der Waals surface area contributed by atoms with Gasteiger partial charge in [0.25, 0.3) is 0 Å². The topological polar surface area (TPSA) is 35.5 Å². The third kappa shape index (κ3) is 9.21. The van der Waals surface area contributed by atoms with Crippen molar-refractivity contribution in [3.05, 3.63) is 23.3 Å². The third-order valence-electron chi connectivity index (χ3n) is 4.22. The number of rotatable bonds is 8. The van der Waals surface area contributed by atoms with E-state index in [1.54, 1.807) is 0 Å². The van der Waals surface area contributed by atoms with Gasteiger partial charge in [-0.2, -0.15) is 0 Å². The molecule has 0 aromatic heterocycles. The van der Waals surface area contributed by atoms with Crippen LogP contribution in [0.3, 0.4) is 0 Å². The molecule has 0 aromatic rings. The normalized spacial score (nSPS) is 14.2. The molecule has 4 heteroatoms. The number of esters is 1. The van der Waals surface area contributed by atoms with Crippen molar-refractivity contribution in [2.24, 2.45) is 0 Å². The molecule has 0 aliphatic carbocycles. The van der Waals surface area contributed by atoms with E-state index in [1.807, 2.05) is 6.08 Å². The van der Waals surface area contributed by atoms with E-state index < -0.39 is 8.32 Å². The second-order valence-electron chi connectivity index (χ2n) is 7.49.